The third kappa shape index (κ3) is 4.96. The SMILES string of the molecule is O=C(Nc1ncc(Cl)s1)[C@H](CC1CCCCO1)N1CCN(S(=O)(=O)C2CC2)CC1=O. The molecule has 1 N–H and O–H groups in total. The Bertz CT molecular complexity index is 898. The molecule has 1 aromatic heterocycles. The first-order valence-electron chi connectivity index (χ1n) is 10.2. The predicted molar refractivity (Wildman–Crippen MR) is 113 cm³/mol. The van der Waals surface area contributed by atoms with E-state index < -0.39 is 16.1 Å². The van der Waals surface area contributed by atoms with Gasteiger partial charge < -0.3 is 15.0 Å². The van der Waals surface area contributed by atoms with Crippen molar-refractivity contribution in [3.8, 4) is 0 Å². The van der Waals surface area contributed by atoms with Gasteiger partial charge in [0.15, 0.2) is 5.13 Å². The second-order valence-electron chi connectivity index (χ2n) is 7.86. The van der Waals surface area contributed by atoms with Crippen LogP contribution in [-0.4, -0.2) is 78.1 Å². The monoisotopic (exact) mass is 476 g/mol. The summed E-state index contributed by atoms with van der Waals surface area (Å²) < 4.78 is 32.5. The van der Waals surface area contributed by atoms with Gasteiger partial charge in [0, 0.05) is 26.1 Å². The van der Waals surface area contributed by atoms with Crippen molar-refractivity contribution in [2.45, 2.75) is 55.9 Å². The maximum Gasteiger partial charge on any atom is 0.249 e. The number of ether oxygens (including phenoxy) is 1. The van der Waals surface area contributed by atoms with Crippen LogP contribution in [0, 0.1) is 0 Å². The Hall–Kier alpha value is -1.27. The van der Waals surface area contributed by atoms with E-state index in [0.29, 0.717) is 35.3 Å². The number of rotatable bonds is 7. The van der Waals surface area contributed by atoms with Gasteiger partial charge in [-0.15, -0.1) is 0 Å². The third-order valence-corrected chi connectivity index (χ3v) is 9.05. The highest BCUT2D eigenvalue weighted by molar-refractivity contribution is 7.90. The van der Waals surface area contributed by atoms with E-state index in [4.69, 9.17) is 16.3 Å². The summed E-state index contributed by atoms with van der Waals surface area (Å²) in [6.45, 7) is 0.789. The zero-order valence-corrected chi connectivity index (χ0v) is 18.8. The minimum Gasteiger partial charge on any atom is -0.378 e. The molecule has 4 rings (SSSR count). The van der Waals surface area contributed by atoms with Crippen LogP contribution < -0.4 is 5.32 Å². The Morgan fingerprint density at radius 1 is 1.33 bits per heavy atom. The van der Waals surface area contributed by atoms with Gasteiger partial charge in [-0.25, -0.2) is 13.4 Å². The van der Waals surface area contributed by atoms with Gasteiger partial charge in [0.2, 0.25) is 21.8 Å². The zero-order valence-electron chi connectivity index (χ0n) is 16.5. The summed E-state index contributed by atoms with van der Waals surface area (Å²) in [6.07, 6.45) is 5.84. The van der Waals surface area contributed by atoms with Crippen LogP contribution in [0.4, 0.5) is 5.13 Å². The van der Waals surface area contributed by atoms with Crippen molar-refractivity contribution in [3.05, 3.63) is 10.5 Å². The molecule has 2 saturated heterocycles. The second-order valence-corrected chi connectivity index (χ2v) is 11.7. The molecule has 166 valence electrons. The van der Waals surface area contributed by atoms with Gasteiger partial charge in [0.1, 0.15) is 10.4 Å². The van der Waals surface area contributed by atoms with E-state index in [1.807, 2.05) is 0 Å². The average molecular weight is 477 g/mol. The van der Waals surface area contributed by atoms with Gasteiger partial charge in [0.25, 0.3) is 0 Å². The number of thiazole rings is 1. The molecule has 30 heavy (non-hydrogen) atoms. The number of aromatic nitrogens is 1. The molecule has 1 unspecified atom stereocenters. The van der Waals surface area contributed by atoms with Crippen LogP contribution in [0.15, 0.2) is 6.20 Å². The van der Waals surface area contributed by atoms with Crippen molar-refractivity contribution in [2.75, 3.05) is 31.6 Å². The molecule has 3 heterocycles. The standard InChI is InChI=1S/C18H25ClN4O5S2/c19-15-10-20-18(29-15)21-17(25)14(9-12-3-1-2-8-28-12)23-7-6-22(11-16(23)24)30(26,27)13-4-5-13/h10,12-14H,1-9,11H2,(H,20,21,25)/t12?,14-/m0/s1. The fourth-order valence-electron chi connectivity index (χ4n) is 3.91. The van der Waals surface area contributed by atoms with Crippen LogP contribution in [0.5, 0.6) is 0 Å². The Morgan fingerprint density at radius 2 is 2.13 bits per heavy atom. The van der Waals surface area contributed by atoms with Crippen LogP contribution in [0.3, 0.4) is 0 Å². The first-order valence-corrected chi connectivity index (χ1v) is 12.9. The lowest BCUT2D eigenvalue weighted by Gasteiger charge is -2.39. The number of carbonyl (C=O) groups excluding carboxylic acids is 2. The van der Waals surface area contributed by atoms with Gasteiger partial charge in [-0.2, -0.15) is 4.31 Å². The number of anilines is 1. The minimum atomic E-state index is -3.43. The number of carbonyl (C=O) groups is 2. The molecule has 9 nitrogen and oxygen atoms in total. The van der Waals surface area contributed by atoms with Gasteiger partial charge in [-0.05, 0) is 32.1 Å². The van der Waals surface area contributed by atoms with E-state index in [2.05, 4.69) is 10.3 Å². The molecule has 0 bridgehead atoms. The zero-order chi connectivity index (χ0) is 21.3. The van der Waals surface area contributed by atoms with Crippen LogP contribution in [0.25, 0.3) is 0 Å². The fourth-order valence-corrected chi connectivity index (χ4v) is 6.50. The first-order chi connectivity index (χ1) is 14.3. The summed E-state index contributed by atoms with van der Waals surface area (Å²) in [5.41, 5.74) is 0. The summed E-state index contributed by atoms with van der Waals surface area (Å²) in [6, 6.07) is -0.756. The predicted octanol–water partition coefficient (Wildman–Crippen LogP) is 1.70. The molecular weight excluding hydrogens is 452 g/mol. The molecule has 0 spiro atoms. The van der Waals surface area contributed by atoms with Crippen molar-refractivity contribution >= 4 is 49.9 Å². The smallest absolute Gasteiger partial charge is 0.249 e. The normalized spacial score (nSPS) is 24.6. The summed E-state index contributed by atoms with van der Waals surface area (Å²) in [5, 5.41) is 2.75. The van der Waals surface area contributed by atoms with E-state index in [9.17, 15) is 18.0 Å². The Kier molecular flexibility index (Phi) is 6.64. The first kappa shape index (κ1) is 21.9. The highest BCUT2D eigenvalue weighted by Gasteiger charge is 2.44. The highest BCUT2D eigenvalue weighted by Crippen LogP contribution is 2.32. The van der Waals surface area contributed by atoms with Crippen molar-refractivity contribution in [1.82, 2.24) is 14.2 Å². The number of piperazine rings is 1. The Balaban J connectivity index is 1.48. The summed E-state index contributed by atoms with van der Waals surface area (Å²) in [7, 11) is -3.43. The maximum atomic E-state index is 13.1. The maximum absolute atomic E-state index is 13.1. The van der Waals surface area contributed by atoms with Gasteiger partial charge in [0.05, 0.1) is 24.1 Å². The van der Waals surface area contributed by atoms with Crippen molar-refractivity contribution in [1.29, 1.82) is 0 Å². The summed E-state index contributed by atoms with van der Waals surface area (Å²) in [5.74, 6) is -0.722. The van der Waals surface area contributed by atoms with E-state index in [-0.39, 0.29) is 42.8 Å². The fraction of sp³-hybridized carbons (Fsp3) is 0.722. The molecule has 1 aromatic rings. The Morgan fingerprint density at radius 3 is 2.73 bits per heavy atom. The van der Waals surface area contributed by atoms with Crippen LogP contribution >= 0.6 is 22.9 Å². The lowest BCUT2D eigenvalue weighted by atomic mass is 9.99. The minimum absolute atomic E-state index is 0.115. The number of hydrogen-bond donors (Lipinski definition) is 1. The number of amides is 2. The third-order valence-electron chi connectivity index (χ3n) is 5.67. The molecule has 0 radical (unpaired) electrons. The average Bonchev–Trinajstić information content (AvgIpc) is 3.51. The van der Waals surface area contributed by atoms with E-state index in [0.717, 1.165) is 30.6 Å². The summed E-state index contributed by atoms with van der Waals surface area (Å²) in [4.78, 5) is 31.5. The Labute approximate surface area is 184 Å². The van der Waals surface area contributed by atoms with Crippen LogP contribution in [0.1, 0.15) is 38.5 Å². The molecular formula is C18H25ClN4O5S2. The van der Waals surface area contributed by atoms with Crippen LogP contribution in [-0.2, 0) is 24.3 Å². The second kappa shape index (κ2) is 9.07. The van der Waals surface area contributed by atoms with Gasteiger partial charge in [-0.3, -0.25) is 9.59 Å². The van der Waals surface area contributed by atoms with Crippen molar-refractivity contribution in [3.63, 3.8) is 0 Å². The quantitative estimate of drug-likeness (QED) is 0.641. The highest BCUT2D eigenvalue weighted by atomic mass is 35.5. The molecule has 1 aliphatic carbocycles. The van der Waals surface area contributed by atoms with Gasteiger partial charge in [-0.1, -0.05) is 22.9 Å². The van der Waals surface area contributed by atoms with Crippen LogP contribution in [0.2, 0.25) is 4.34 Å². The topological polar surface area (TPSA) is 109 Å². The molecule has 12 heteroatoms. The molecule has 3 aliphatic rings. The summed E-state index contributed by atoms with van der Waals surface area (Å²) >= 11 is 7.04. The molecule has 2 amide bonds. The number of sulfonamides is 1. The molecule has 3 fully saturated rings. The number of nitrogens with zero attached hydrogens (tertiary/aromatic N) is 3. The number of halogens is 1. The number of nitrogens with one attached hydrogen (secondary N) is 1. The van der Waals surface area contributed by atoms with Gasteiger partial charge >= 0.3 is 0 Å². The molecule has 2 atom stereocenters. The number of hydrogen-bond acceptors (Lipinski definition) is 7. The molecule has 0 aromatic carbocycles. The van der Waals surface area contributed by atoms with E-state index in [1.54, 1.807) is 0 Å². The largest absolute Gasteiger partial charge is 0.378 e. The molecule has 2 aliphatic heterocycles. The molecule has 1 saturated carbocycles. The van der Waals surface area contributed by atoms with Crippen molar-refractivity contribution < 1.29 is 22.7 Å². The van der Waals surface area contributed by atoms with E-state index in [1.165, 1.54) is 15.4 Å². The lowest BCUT2D eigenvalue weighted by Crippen LogP contribution is -2.59. The lowest BCUT2D eigenvalue weighted by molar-refractivity contribution is -0.143. The van der Waals surface area contributed by atoms with E-state index >= 15 is 0 Å². The van der Waals surface area contributed by atoms with Crippen molar-refractivity contribution in [2.24, 2.45) is 0 Å².